The molecule has 9 heteroatoms. The van der Waals surface area contributed by atoms with Crippen LogP contribution in [-0.4, -0.2) is 24.5 Å². The zero-order valence-electron chi connectivity index (χ0n) is 19.7. The van der Waals surface area contributed by atoms with Crippen molar-refractivity contribution >= 4 is 28.2 Å². The van der Waals surface area contributed by atoms with Gasteiger partial charge in [0.1, 0.15) is 5.82 Å². The quantitative estimate of drug-likeness (QED) is 0.350. The molecule has 0 amide bonds. The van der Waals surface area contributed by atoms with E-state index in [2.05, 4.69) is 30.1 Å². The van der Waals surface area contributed by atoms with Crippen LogP contribution >= 0.6 is 0 Å². The number of aryl methyl sites for hydroxylation is 1. The summed E-state index contributed by atoms with van der Waals surface area (Å²) in [5.74, 6) is 0.362. The zero-order chi connectivity index (χ0) is 25.2. The van der Waals surface area contributed by atoms with Crippen LogP contribution in [0, 0.1) is 13.5 Å². The number of anilines is 2. The van der Waals surface area contributed by atoms with Crippen molar-refractivity contribution in [1.29, 1.82) is 0 Å². The third-order valence-corrected chi connectivity index (χ3v) is 5.83. The lowest BCUT2D eigenvalue weighted by molar-refractivity contribution is 0.774. The molecule has 2 aromatic carbocycles. The smallest absolute Gasteiger partial charge is 0.263 e. The normalized spacial score (nSPS) is 11.7. The van der Waals surface area contributed by atoms with E-state index in [0.29, 0.717) is 33.8 Å². The SMILES string of the molecule is [C-]#[N+]c1cnc(N)nc1N[C@@H](C)c1cc2cccc(-c3cncc(C)n3)c2c(=O)n1-c1ccccc1. The van der Waals surface area contributed by atoms with Gasteiger partial charge in [0.05, 0.1) is 35.6 Å². The molecular weight excluding hydrogens is 452 g/mol. The molecule has 0 spiro atoms. The minimum Gasteiger partial charge on any atom is -0.371 e. The molecule has 9 nitrogen and oxygen atoms in total. The summed E-state index contributed by atoms with van der Waals surface area (Å²) >= 11 is 0. The summed E-state index contributed by atoms with van der Waals surface area (Å²) in [5.41, 5.74) is 9.34. The molecule has 0 aliphatic heterocycles. The van der Waals surface area contributed by atoms with Crippen LogP contribution in [0.4, 0.5) is 17.5 Å². The molecule has 0 fully saturated rings. The summed E-state index contributed by atoms with van der Waals surface area (Å²) in [6.45, 7) is 11.2. The number of nitrogens with zero attached hydrogens (tertiary/aromatic N) is 6. The van der Waals surface area contributed by atoms with Gasteiger partial charge in [0, 0.05) is 29.3 Å². The number of fused-ring (bicyclic) bond motifs is 1. The molecule has 0 bridgehead atoms. The van der Waals surface area contributed by atoms with Gasteiger partial charge in [-0.05, 0) is 37.4 Å². The van der Waals surface area contributed by atoms with Gasteiger partial charge in [-0.3, -0.25) is 14.3 Å². The molecule has 5 rings (SSSR count). The predicted molar refractivity (Wildman–Crippen MR) is 140 cm³/mol. The van der Waals surface area contributed by atoms with E-state index in [1.807, 2.05) is 68.4 Å². The van der Waals surface area contributed by atoms with Crippen LogP contribution in [0.3, 0.4) is 0 Å². The number of hydrogen-bond donors (Lipinski definition) is 2. The highest BCUT2D eigenvalue weighted by atomic mass is 16.1. The molecule has 176 valence electrons. The molecule has 3 aromatic heterocycles. The Balaban J connectivity index is 1.75. The maximum atomic E-state index is 14.2. The first-order valence-electron chi connectivity index (χ1n) is 11.3. The van der Waals surface area contributed by atoms with Crippen LogP contribution in [0.1, 0.15) is 24.4 Å². The highest BCUT2D eigenvalue weighted by molar-refractivity contribution is 5.95. The number of hydrogen-bond acceptors (Lipinski definition) is 7. The van der Waals surface area contributed by atoms with Crippen LogP contribution in [0.5, 0.6) is 0 Å². The summed E-state index contributed by atoms with van der Waals surface area (Å²) in [5, 5.41) is 4.56. The van der Waals surface area contributed by atoms with Crippen molar-refractivity contribution in [2.24, 2.45) is 0 Å². The minimum absolute atomic E-state index is 0.0555. The molecular formula is C27H22N8O. The average Bonchev–Trinajstić information content (AvgIpc) is 2.89. The molecule has 0 aliphatic carbocycles. The van der Waals surface area contributed by atoms with Gasteiger partial charge in [0.15, 0.2) is 0 Å². The number of para-hydroxylation sites is 1. The standard InChI is InChI=1S/C27H22N8O/c1-16-13-30-14-21(32-16)20-11-7-8-18-12-23(17(2)33-25-22(29-3)15-31-27(28)34-25)35(26(36)24(18)20)19-9-5-4-6-10-19/h4-15,17H,1-2H3,(H3,28,31,33,34)/t17-/m0/s1. The van der Waals surface area contributed by atoms with E-state index in [-0.39, 0.29) is 17.2 Å². The molecule has 36 heavy (non-hydrogen) atoms. The Bertz CT molecular complexity index is 1690. The van der Waals surface area contributed by atoms with Crippen molar-refractivity contribution in [3.8, 4) is 16.9 Å². The zero-order valence-corrected chi connectivity index (χ0v) is 19.7. The fourth-order valence-electron chi connectivity index (χ4n) is 4.21. The monoisotopic (exact) mass is 474 g/mol. The van der Waals surface area contributed by atoms with Crippen molar-refractivity contribution < 1.29 is 0 Å². The Morgan fingerprint density at radius 1 is 1.06 bits per heavy atom. The molecule has 0 saturated heterocycles. The molecule has 0 saturated carbocycles. The van der Waals surface area contributed by atoms with Crippen LogP contribution < -0.4 is 16.6 Å². The first-order valence-corrected chi connectivity index (χ1v) is 11.3. The predicted octanol–water partition coefficient (Wildman–Crippen LogP) is 4.85. The second-order valence-electron chi connectivity index (χ2n) is 8.30. The summed E-state index contributed by atoms with van der Waals surface area (Å²) < 4.78 is 1.68. The minimum atomic E-state index is -0.403. The topological polar surface area (TPSA) is 116 Å². The van der Waals surface area contributed by atoms with Crippen molar-refractivity contribution in [3.63, 3.8) is 0 Å². The van der Waals surface area contributed by atoms with E-state index in [0.717, 1.165) is 11.1 Å². The molecule has 0 aliphatic rings. The highest BCUT2D eigenvalue weighted by Crippen LogP contribution is 2.31. The van der Waals surface area contributed by atoms with Gasteiger partial charge in [0.2, 0.25) is 11.6 Å². The van der Waals surface area contributed by atoms with Gasteiger partial charge in [-0.15, -0.1) is 0 Å². The fourth-order valence-corrected chi connectivity index (χ4v) is 4.21. The van der Waals surface area contributed by atoms with Crippen LogP contribution in [0.2, 0.25) is 0 Å². The molecule has 0 radical (unpaired) electrons. The molecule has 3 heterocycles. The Morgan fingerprint density at radius 3 is 2.61 bits per heavy atom. The van der Waals surface area contributed by atoms with Gasteiger partial charge in [-0.25, -0.2) is 19.8 Å². The van der Waals surface area contributed by atoms with Gasteiger partial charge in [0.25, 0.3) is 5.56 Å². The summed E-state index contributed by atoms with van der Waals surface area (Å²) in [6, 6.07) is 16.7. The number of nitrogens with one attached hydrogen (secondary N) is 1. The fraction of sp³-hybridized carbons (Fsp3) is 0.111. The van der Waals surface area contributed by atoms with Crippen LogP contribution in [-0.2, 0) is 0 Å². The third-order valence-electron chi connectivity index (χ3n) is 5.83. The maximum absolute atomic E-state index is 14.2. The van der Waals surface area contributed by atoms with E-state index in [9.17, 15) is 4.79 Å². The number of nitrogen functional groups attached to an aromatic ring is 1. The number of nitrogens with two attached hydrogens (primary N) is 1. The van der Waals surface area contributed by atoms with Crippen LogP contribution in [0.25, 0.3) is 32.6 Å². The lowest BCUT2D eigenvalue weighted by atomic mass is 10.0. The largest absolute Gasteiger partial charge is 0.371 e. The Hall–Kier alpha value is -5.10. The van der Waals surface area contributed by atoms with Gasteiger partial charge in [-0.1, -0.05) is 36.4 Å². The highest BCUT2D eigenvalue weighted by Gasteiger charge is 2.20. The lowest BCUT2D eigenvalue weighted by Gasteiger charge is -2.22. The van der Waals surface area contributed by atoms with E-state index in [1.54, 1.807) is 17.0 Å². The summed E-state index contributed by atoms with van der Waals surface area (Å²) in [4.78, 5) is 34.6. The number of pyridine rings is 1. The molecule has 3 N–H and O–H groups in total. The Kier molecular flexibility index (Phi) is 5.84. The number of benzene rings is 2. The first kappa shape index (κ1) is 22.7. The third kappa shape index (κ3) is 4.12. The Morgan fingerprint density at radius 2 is 1.86 bits per heavy atom. The van der Waals surface area contributed by atoms with Crippen molar-refractivity contribution in [2.45, 2.75) is 19.9 Å². The van der Waals surface area contributed by atoms with E-state index < -0.39 is 6.04 Å². The van der Waals surface area contributed by atoms with Crippen molar-refractivity contribution in [2.75, 3.05) is 11.1 Å². The van der Waals surface area contributed by atoms with Gasteiger partial charge in [-0.2, -0.15) is 0 Å². The van der Waals surface area contributed by atoms with Crippen LogP contribution in [0.15, 0.2) is 78.0 Å². The summed E-state index contributed by atoms with van der Waals surface area (Å²) in [6.07, 6.45) is 4.72. The second kappa shape index (κ2) is 9.27. The van der Waals surface area contributed by atoms with Gasteiger partial charge < -0.3 is 11.1 Å². The molecule has 0 unspecified atom stereocenters. The second-order valence-corrected chi connectivity index (χ2v) is 8.30. The average molecular weight is 475 g/mol. The van der Waals surface area contributed by atoms with Gasteiger partial charge >= 0.3 is 0 Å². The van der Waals surface area contributed by atoms with E-state index in [1.165, 1.54) is 6.20 Å². The van der Waals surface area contributed by atoms with E-state index >= 15 is 0 Å². The number of rotatable bonds is 5. The lowest BCUT2D eigenvalue weighted by Crippen LogP contribution is -2.26. The summed E-state index contributed by atoms with van der Waals surface area (Å²) in [7, 11) is 0. The molecule has 5 aromatic rings. The molecule has 1 atom stereocenters. The number of aromatic nitrogens is 5. The van der Waals surface area contributed by atoms with Crippen molar-refractivity contribution in [1.82, 2.24) is 24.5 Å². The first-order chi connectivity index (χ1) is 17.5. The van der Waals surface area contributed by atoms with Crippen molar-refractivity contribution in [3.05, 3.63) is 106 Å². The Labute approximate surface area is 207 Å². The maximum Gasteiger partial charge on any atom is 0.263 e. The van der Waals surface area contributed by atoms with E-state index in [4.69, 9.17) is 12.3 Å².